The van der Waals surface area contributed by atoms with Gasteiger partial charge in [0.1, 0.15) is 0 Å². The Bertz CT molecular complexity index is 3620. The van der Waals surface area contributed by atoms with E-state index in [9.17, 15) is 5.41 Å². The van der Waals surface area contributed by atoms with E-state index >= 15 is 0 Å². The highest BCUT2D eigenvalue weighted by molar-refractivity contribution is 6.36. The minimum absolute atomic E-state index is 0.448. The molecule has 0 amide bonds. The number of allylic oxidation sites excluding steroid dienone is 1. The van der Waals surface area contributed by atoms with Gasteiger partial charge in [0.15, 0.2) is 0 Å². The quantitative estimate of drug-likeness (QED) is 0.149. The zero-order valence-electron chi connectivity index (χ0n) is 37.8. The molecule has 13 rings (SSSR count). The van der Waals surface area contributed by atoms with E-state index in [0.717, 1.165) is 67.4 Å². The Balaban J connectivity index is 1.11. The van der Waals surface area contributed by atoms with Gasteiger partial charge in [-0.25, -0.2) is 0 Å². The Labute approximate surface area is 403 Å². The lowest BCUT2D eigenvalue weighted by atomic mass is 9.70. The second-order valence-corrected chi connectivity index (χ2v) is 18.0. The Morgan fingerprint density at radius 1 is 0.348 bits per heavy atom. The molecule has 69 heavy (non-hydrogen) atoms. The number of hydrogen-bond acceptors (Lipinski definition) is 3. The van der Waals surface area contributed by atoms with Crippen molar-refractivity contribution in [3.8, 4) is 33.4 Å². The molecule has 0 saturated carbocycles. The minimum Gasteiger partial charge on any atom is -0.352 e. The predicted octanol–water partition coefficient (Wildman–Crippen LogP) is 15.9. The van der Waals surface area contributed by atoms with E-state index < -0.39 is 5.41 Å². The van der Waals surface area contributed by atoms with Crippen LogP contribution >= 0.6 is 0 Å². The van der Waals surface area contributed by atoms with Gasteiger partial charge in [0.05, 0.1) is 28.2 Å². The maximum absolute atomic E-state index is 9.95. The van der Waals surface area contributed by atoms with Crippen LogP contribution in [0.15, 0.2) is 261 Å². The number of rotatable bonds is 8. The van der Waals surface area contributed by atoms with E-state index in [2.05, 4.69) is 235 Å². The number of benzene rings is 10. The Morgan fingerprint density at radius 2 is 0.768 bits per heavy atom. The zero-order chi connectivity index (χ0) is 45.9. The molecule has 0 atom stereocenters. The van der Waals surface area contributed by atoms with Crippen LogP contribution in [0, 0.1) is 5.41 Å². The largest absolute Gasteiger partial charge is 0.352 e. The van der Waals surface area contributed by atoms with Crippen molar-refractivity contribution >= 4 is 39.8 Å². The van der Waals surface area contributed by atoms with E-state index in [0.29, 0.717) is 5.71 Å². The highest BCUT2D eigenvalue weighted by Crippen LogP contribution is 2.63. The molecular formula is C66H45N3. The second-order valence-electron chi connectivity index (χ2n) is 18.0. The summed E-state index contributed by atoms with van der Waals surface area (Å²) in [5.41, 5.74) is 23.2. The summed E-state index contributed by atoms with van der Waals surface area (Å²) in [5, 5.41) is 14.1. The summed E-state index contributed by atoms with van der Waals surface area (Å²) in [5.74, 6) is 0. The van der Waals surface area contributed by atoms with Gasteiger partial charge in [0, 0.05) is 39.2 Å². The number of fused-ring (bicyclic) bond motifs is 11. The van der Waals surface area contributed by atoms with Crippen molar-refractivity contribution in [2.75, 3.05) is 4.90 Å². The van der Waals surface area contributed by atoms with Crippen LogP contribution in [0.4, 0.5) is 11.4 Å². The zero-order valence-corrected chi connectivity index (χ0v) is 37.8. The van der Waals surface area contributed by atoms with E-state index in [1.54, 1.807) is 0 Å². The number of nitrogens with zero attached hydrogens (tertiary/aromatic N) is 1. The van der Waals surface area contributed by atoms with E-state index in [1.165, 1.54) is 50.1 Å². The average Bonchev–Trinajstić information content (AvgIpc) is 3.90. The summed E-state index contributed by atoms with van der Waals surface area (Å²) in [6.45, 7) is 0. The molecule has 10 aromatic carbocycles. The maximum Gasteiger partial charge on any atom is 0.0782 e. The summed E-state index contributed by atoms with van der Waals surface area (Å²) in [7, 11) is 0. The first-order valence-electron chi connectivity index (χ1n) is 23.7. The molecule has 3 nitrogen and oxygen atoms in total. The Morgan fingerprint density at radius 3 is 1.33 bits per heavy atom. The lowest BCUT2D eigenvalue weighted by Crippen LogP contribution is -2.29. The fraction of sp³-hybridized carbons (Fsp3) is 0.0152. The molecule has 3 heteroatoms. The first kappa shape index (κ1) is 40.2. The smallest absolute Gasteiger partial charge is 0.0782 e. The molecule has 324 valence electrons. The van der Waals surface area contributed by atoms with Crippen LogP contribution < -0.4 is 10.2 Å². The van der Waals surface area contributed by atoms with Gasteiger partial charge in [0.25, 0.3) is 0 Å². The molecule has 2 N–H and O–H groups in total. The molecular weight excluding hydrogens is 835 g/mol. The molecule has 0 saturated heterocycles. The number of anilines is 2. The van der Waals surface area contributed by atoms with Crippen molar-refractivity contribution in [3.63, 3.8) is 0 Å². The lowest BCUT2D eigenvalue weighted by Gasteiger charge is -2.37. The van der Waals surface area contributed by atoms with E-state index in [-0.39, 0.29) is 0 Å². The summed E-state index contributed by atoms with van der Waals surface area (Å²) in [4.78, 5) is 2.47. The molecule has 3 aliphatic rings. The molecule has 0 radical (unpaired) electrons. The molecule has 1 spiro atoms. The fourth-order valence-electron chi connectivity index (χ4n) is 11.4. The van der Waals surface area contributed by atoms with Crippen LogP contribution in [0.1, 0.15) is 50.1 Å². The first-order valence-corrected chi connectivity index (χ1v) is 23.7. The highest BCUT2D eigenvalue weighted by atomic mass is 15.2. The molecule has 0 aromatic heterocycles. The van der Waals surface area contributed by atoms with Crippen molar-refractivity contribution in [3.05, 3.63) is 311 Å². The van der Waals surface area contributed by atoms with Crippen molar-refractivity contribution < 1.29 is 0 Å². The number of nitrogens with one attached hydrogen (secondary N) is 2. The van der Waals surface area contributed by atoms with Gasteiger partial charge in [-0.05, 0) is 85.5 Å². The molecule has 1 aliphatic heterocycles. The first-order chi connectivity index (χ1) is 34.2. The van der Waals surface area contributed by atoms with Crippen molar-refractivity contribution in [1.82, 2.24) is 5.32 Å². The third kappa shape index (κ3) is 6.32. The molecule has 1 heterocycles. The minimum atomic E-state index is -0.518. The van der Waals surface area contributed by atoms with Crippen molar-refractivity contribution in [2.24, 2.45) is 0 Å². The number of hydrogen-bond donors (Lipinski definition) is 2. The highest BCUT2D eigenvalue weighted by Gasteiger charge is 2.51. The lowest BCUT2D eigenvalue weighted by molar-refractivity contribution is 0.793. The Kier molecular flexibility index (Phi) is 9.55. The van der Waals surface area contributed by atoms with Crippen LogP contribution in [-0.2, 0) is 5.41 Å². The summed E-state index contributed by atoms with van der Waals surface area (Å²) >= 11 is 0. The standard InChI is InChI=1S/C66H45N3/c67-62(47-25-9-3-10-26-47)61(46-23-7-2-8-24-46)64-55-32-13-14-33-56(55)65(63(68-64)48-27-11-4-12-28-48)69(49-39-37-45(38-40-49)44-21-5-1-6-22-44)50-41-42-54-53-31-17-20-36-59(53)66(60(54)43-50)57-34-18-15-29-51(57)52-30-16-19-35-58(52)66/h1-43,67-68H/b64-61-,67-62?. The van der Waals surface area contributed by atoms with Gasteiger partial charge in [-0.1, -0.05) is 237 Å². The summed E-state index contributed by atoms with van der Waals surface area (Å²) < 4.78 is 0. The van der Waals surface area contributed by atoms with Crippen LogP contribution in [0.3, 0.4) is 0 Å². The molecule has 0 fully saturated rings. The predicted molar refractivity (Wildman–Crippen MR) is 286 cm³/mol. The van der Waals surface area contributed by atoms with Gasteiger partial charge < -0.3 is 10.2 Å². The van der Waals surface area contributed by atoms with Gasteiger partial charge in [-0.3, -0.25) is 5.41 Å². The topological polar surface area (TPSA) is 39.1 Å². The third-order valence-corrected chi connectivity index (χ3v) is 14.3. The monoisotopic (exact) mass is 879 g/mol. The van der Waals surface area contributed by atoms with Crippen molar-refractivity contribution in [1.29, 1.82) is 5.41 Å². The van der Waals surface area contributed by atoms with E-state index in [4.69, 9.17) is 0 Å². The SMILES string of the molecule is N=C(/C(=C1\NC(c2ccccc2)=C(N(c2ccc(-c3ccccc3)cc2)c2ccc3c(c2)C2(c4ccccc4-c4ccccc42)c2ccccc2-3)c2ccccc21)c1ccccc1)c1ccccc1. The fourth-order valence-corrected chi connectivity index (χ4v) is 11.4. The molecule has 2 aliphatic carbocycles. The van der Waals surface area contributed by atoms with Crippen LogP contribution in [0.25, 0.3) is 56.0 Å². The summed E-state index contributed by atoms with van der Waals surface area (Å²) in [6.07, 6.45) is 0. The van der Waals surface area contributed by atoms with Crippen LogP contribution in [0.2, 0.25) is 0 Å². The van der Waals surface area contributed by atoms with Crippen molar-refractivity contribution in [2.45, 2.75) is 5.41 Å². The van der Waals surface area contributed by atoms with E-state index in [1.807, 2.05) is 36.4 Å². The molecule has 0 bridgehead atoms. The van der Waals surface area contributed by atoms with Crippen LogP contribution in [-0.4, -0.2) is 5.71 Å². The average molecular weight is 880 g/mol. The van der Waals surface area contributed by atoms with Gasteiger partial charge in [0.2, 0.25) is 0 Å². The normalized spacial score (nSPS) is 14.2. The molecule has 10 aromatic rings. The third-order valence-electron chi connectivity index (χ3n) is 14.3. The second kappa shape index (κ2) is 16.4. The maximum atomic E-state index is 9.95. The van der Waals surface area contributed by atoms with Gasteiger partial charge in [-0.2, -0.15) is 0 Å². The van der Waals surface area contributed by atoms with Gasteiger partial charge >= 0.3 is 0 Å². The summed E-state index contributed by atoms with van der Waals surface area (Å²) in [6, 6.07) is 93.7. The Hall–Kier alpha value is -9.05. The van der Waals surface area contributed by atoms with Gasteiger partial charge in [-0.15, -0.1) is 0 Å². The molecule has 0 unspecified atom stereocenters. The van der Waals surface area contributed by atoms with Crippen LogP contribution in [0.5, 0.6) is 0 Å².